The summed E-state index contributed by atoms with van der Waals surface area (Å²) in [5, 5.41) is 0.668. The summed E-state index contributed by atoms with van der Waals surface area (Å²) in [5.74, 6) is 0.571. The molecule has 1 aromatic heterocycles. The van der Waals surface area contributed by atoms with Crippen molar-refractivity contribution in [1.29, 1.82) is 0 Å². The van der Waals surface area contributed by atoms with E-state index in [2.05, 4.69) is 4.98 Å². The molecule has 3 nitrogen and oxygen atoms in total. The molecule has 0 radical (unpaired) electrons. The molecule has 1 aromatic rings. The van der Waals surface area contributed by atoms with Gasteiger partial charge in [-0.15, -0.1) is 0 Å². The van der Waals surface area contributed by atoms with Crippen LogP contribution in [0.3, 0.4) is 0 Å². The number of nitrogens with two attached hydrogens (primary N) is 1. The monoisotopic (exact) mass is 200 g/mol. The van der Waals surface area contributed by atoms with Gasteiger partial charge in [0.15, 0.2) is 0 Å². The van der Waals surface area contributed by atoms with E-state index < -0.39 is 0 Å². The maximum Gasteiger partial charge on any atom is 0.218 e. The Labute approximate surface area is 82.9 Å². The normalized spacial score (nSPS) is 10.2. The molecule has 0 bridgehead atoms. The minimum atomic E-state index is 0.391. The maximum atomic E-state index is 6.02. The molecular formula is C9H13ClN2O. The van der Waals surface area contributed by atoms with Gasteiger partial charge in [-0.25, -0.2) is 4.98 Å². The van der Waals surface area contributed by atoms with E-state index in [9.17, 15) is 0 Å². The van der Waals surface area contributed by atoms with Crippen molar-refractivity contribution >= 4 is 11.6 Å². The van der Waals surface area contributed by atoms with Gasteiger partial charge in [0.25, 0.3) is 0 Å². The Morgan fingerprint density at radius 1 is 1.46 bits per heavy atom. The van der Waals surface area contributed by atoms with Gasteiger partial charge >= 0.3 is 0 Å². The number of pyridine rings is 1. The first kappa shape index (κ1) is 10.3. The fraction of sp³-hybridized carbons (Fsp3) is 0.444. The van der Waals surface area contributed by atoms with E-state index in [1.54, 1.807) is 7.11 Å². The summed E-state index contributed by atoms with van der Waals surface area (Å²) in [6.07, 6.45) is 0. The molecule has 0 aliphatic heterocycles. The van der Waals surface area contributed by atoms with Crippen molar-refractivity contribution in [3.8, 4) is 5.88 Å². The zero-order valence-corrected chi connectivity index (χ0v) is 8.77. The number of aryl methyl sites for hydroxylation is 1. The highest BCUT2D eigenvalue weighted by molar-refractivity contribution is 6.32. The van der Waals surface area contributed by atoms with Crippen LogP contribution in [0.1, 0.15) is 16.8 Å². The lowest BCUT2D eigenvalue weighted by Gasteiger charge is -2.11. The van der Waals surface area contributed by atoms with Gasteiger partial charge in [0.1, 0.15) is 0 Å². The minimum Gasteiger partial charge on any atom is -0.481 e. The molecule has 0 atom stereocenters. The second-order valence-electron chi connectivity index (χ2n) is 2.83. The Morgan fingerprint density at radius 2 is 2.08 bits per heavy atom. The summed E-state index contributed by atoms with van der Waals surface area (Å²) in [4.78, 5) is 4.19. The van der Waals surface area contributed by atoms with E-state index in [0.29, 0.717) is 17.4 Å². The minimum absolute atomic E-state index is 0.391. The average molecular weight is 201 g/mol. The fourth-order valence-electron chi connectivity index (χ4n) is 1.24. The zero-order valence-electron chi connectivity index (χ0n) is 8.02. The lowest BCUT2D eigenvalue weighted by atomic mass is 10.1. The van der Waals surface area contributed by atoms with Gasteiger partial charge in [-0.05, 0) is 19.4 Å². The zero-order chi connectivity index (χ0) is 10.0. The van der Waals surface area contributed by atoms with Crippen molar-refractivity contribution in [3.05, 3.63) is 21.8 Å². The predicted octanol–water partition coefficient (Wildman–Crippen LogP) is 1.82. The third kappa shape index (κ3) is 1.76. The lowest BCUT2D eigenvalue weighted by Crippen LogP contribution is -2.06. The maximum absolute atomic E-state index is 6.02. The molecule has 13 heavy (non-hydrogen) atoms. The van der Waals surface area contributed by atoms with Gasteiger partial charge in [0.2, 0.25) is 5.88 Å². The molecule has 0 aliphatic rings. The Hall–Kier alpha value is -0.800. The van der Waals surface area contributed by atoms with E-state index >= 15 is 0 Å². The molecule has 1 heterocycles. The second-order valence-corrected chi connectivity index (χ2v) is 3.21. The van der Waals surface area contributed by atoms with Crippen LogP contribution in [-0.2, 0) is 6.54 Å². The number of methoxy groups -OCH3 is 1. The molecule has 1 rings (SSSR count). The summed E-state index contributed by atoms with van der Waals surface area (Å²) in [6, 6.07) is 0. The molecule has 2 N–H and O–H groups in total. The molecule has 0 aliphatic carbocycles. The predicted molar refractivity (Wildman–Crippen MR) is 53.2 cm³/mol. The number of hydrogen-bond acceptors (Lipinski definition) is 3. The molecule has 72 valence electrons. The van der Waals surface area contributed by atoms with Gasteiger partial charge < -0.3 is 10.5 Å². The van der Waals surface area contributed by atoms with E-state index in [4.69, 9.17) is 22.1 Å². The Morgan fingerprint density at radius 3 is 2.54 bits per heavy atom. The van der Waals surface area contributed by atoms with Gasteiger partial charge in [0, 0.05) is 12.1 Å². The molecular weight excluding hydrogens is 188 g/mol. The Bertz CT molecular complexity index is 326. The summed E-state index contributed by atoms with van der Waals surface area (Å²) >= 11 is 6.02. The van der Waals surface area contributed by atoms with Crippen molar-refractivity contribution < 1.29 is 4.74 Å². The molecule has 4 heteroatoms. The number of rotatable bonds is 2. The highest BCUT2D eigenvalue weighted by Crippen LogP contribution is 2.27. The summed E-state index contributed by atoms with van der Waals surface area (Å²) in [6.45, 7) is 4.15. The SMILES string of the molecule is COc1nc(C)c(Cl)c(C)c1CN. The van der Waals surface area contributed by atoms with Crippen molar-refractivity contribution in [1.82, 2.24) is 4.98 Å². The number of aromatic nitrogens is 1. The molecule has 0 aromatic carbocycles. The van der Waals surface area contributed by atoms with Crippen LogP contribution in [0.25, 0.3) is 0 Å². The van der Waals surface area contributed by atoms with Gasteiger partial charge in [-0.3, -0.25) is 0 Å². The van der Waals surface area contributed by atoms with Crippen molar-refractivity contribution in [2.24, 2.45) is 5.73 Å². The van der Waals surface area contributed by atoms with Gasteiger partial charge in [0.05, 0.1) is 17.8 Å². The van der Waals surface area contributed by atoms with Crippen LogP contribution in [0.5, 0.6) is 5.88 Å². The summed E-state index contributed by atoms with van der Waals surface area (Å²) < 4.78 is 5.10. The van der Waals surface area contributed by atoms with Gasteiger partial charge in [-0.1, -0.05) is 11.6 Å². The van der Waals surface area contributed by atoms with Crippen LogP contribution in [0.2, 0.25) is 5.02 Å². The smallest absolute Gasteiger partial charge is 0.218 e. The van der Waals surface area contributed by atoms with Crippen LogP contribution >= 0.6 is 11.6 Å². The second kappa shape index (κ2) is 3.94. The number of halogens is 1. The van der Waals surface area contributed by atoms with Crippen LogP contribution in [0, 0.1) is 13.8 Å². The van der Waals surface area contributed by atoms with Crippen LogP contribution < -0.4 is 10.5 Å². The number of hydrogen-bond donors (Lipinski definition) is 1. The highest BCUT2D eigenvalue weighted by Gasteiger charge is 2.12. The summed E-state index contributed by atoms with van der Waals surface area (Å²) in [7, 11) is 1.58. The van der Waals surface area contributed by atoms with E-state index in [-0.39, 0.29) is 0 Å². The van der Waals surface area contributed by atoms with Gasteiger partial charge in [-0.2, -0.15) is 0 Å². The summed E-state index contributed by atoms with van der Waals surface area (Å²) in [5.41, 5.74) is 8.16. The largest absolute Gasteiger partial charge is 0.481 e. The van der Waals surface area contributed by atoms with E-state index in [1.165, 1.54) is 0 Å². The first-order valence-electron chi connectivity index (χ1n) is 4.01. The Balaban J connectivity index is 3.39. The highest BCUT2D eigenvalue weighted by atomic mass is 35.5. The van der Waals surface area contributed by atoms with E-state index in [1.807, 2.05) is 13.8 Å². The lowest BCUT2D eigenvalue weighted by molar-refractivity contribution is 0.391. The van der Waals surface area contributed by atoms with Crippen molar-refractivity contribution in [3.63, 3.8) is 0 Å². The standard InChI is InChI=1S/C9H13ClN2O/c1-5-7(4-11)9(13-3)12-6(2)8(5)10/h4,11H2,1-3H3. The first-order chi connectivity index (χ1) is 6.11. The molecule has 0 spiro atoms. The molecule has 0 saturated carbocycles. The molecule has 0 saturated heterocycles. The van der Waals surface area contributed by atoms with Crippen molar-refractivity contribution in [2.75, 3.05) is 7.11 Å². The molecule has 0 fully saturated rings. The van der Waals surface area contributed by atoms with Crippen LogP contribution in [0.15, 0.2) is 0 Å². The third-order valence-electron chi connectivity index (χ3n) is 2.02. The fourth-order valence-corrected chi connectivity index (χ4v) is 1.40. The van der Waals surface area contributed by atoms with Crippen molar-refractivity contribution in [2.45, 2.75) is 20.4 Å². The number of ether oxygens (including phenoxy) is 1. The number of nitrogens with zero attached hydrogens (tertiary/aromatic N) is 1. The Kier molecular flexibility index (Phi) is 3.12. The molecule has 0 amide bonds. The van der Waals surface area contributed by atoms with Crippen LogP contribution in [-0.4, -0.2) is 12.1 Å². The topological polar surface area (TPSA) is 48.1 Å². The molecule has 0 unspecified atom stereocenters. The average Bonchev–Trinajstić information content (AvgIpc) is 2.13. The first-order valence-corrected chi connectivity index (χ1v) is 4.39. The van der Waals surface area contributed by atoms with E-state index in [0.717, 1.165) is 16.8 Å². The quantitative estimate of drug-likeness (QED) is 0.792. The van der Waals surface area contributed by atoms with Crippen LogP contribution in [0.4, 0.5) is 0 Å². The third-order valence-corrected chi connectivity index (χ3v) is 2.58.